The molecule has 10 heteroatoms. The zero-order valence-corrected chi connectivity index (χ0v) is 22.7. The van der Waals surface area contributed by atoms with Crippen LogP contribution in [0.25, 0.3) is 0 Å². The lowest BCUT2D eigenvalue weighted by atomic mass is 10.2. The molecule has 0 amide bonds. The molecule has 0 spiro atoms. The predicted molar refractivity (Wildman–Crippen MR) is 148 cm³/mol. The fraction of sp³-hybridized carbons (Fsp3) is 0.241. The minimum atomic E-state index is -3.87. The normalized spacial score (nSPS) is 13.0. The van der Waals surface area contributed by atoms with Gasteiger partial charge < -0.3 is 18.5 Å². The lowest BCUT2D eigenvalue weighted by Crippen LogP contribution is -2.37. The highest BCUT2D eigenvalue weighted by atomic mass is 31.2. The lowest BCUT2D eigenvalue weighted by molar-refractivity contribution is -0.0832. The maximum Gasteiger partial charge on any atom is 0.433 e. The van der Waals surface area contributed by atoms with E-state index in [2.05, 4.69) is 4.98 Å². The number of aromatic amines is 1. The molecule has 3 aromatic carbocycles. The third-order valence-corrected chi connectivity index (χ3v) is 7.66. The number of para-hydroxylation sites is 2. The van der Waals surface area contributed by atoms with E-state index in [1.807, 2.05) is 42.5 Å². The second-order valence-corrected chi connectivity index (χ2v) is 10.9. The maximum absolute atomic E-state index is 14.2. The molecule has 0 aliphatic heterocycles. The summed E-state index contributed by atoms with van der Waals surface area (Å²) in [4.78, 5) is 26.4. The van der Waals surface area contributed by atoms with Gasteiger partial charge in [-0.2, -0.15) is 0 Å². The van der Waals surface area contributed by atoms with Crippen molar-refractivity contribution < 1.29 is 23.1 Å². The summed E-state index contributed by atoms with van der Waals surface area (Å²) in [5, 5.41) is 0. The minimum absolute atomic E-state index is 0.177. The van der Waals surface area contributed by atoms with Gasteiger partial charge in [0.15, 0.2) is 0 Å². The van der Waals surface area contributed by atoms with Crippen LogP contribution in [0.4, 0.5) is 0 Å². The van der Waals surface area contributed by atoms with Crippen molar-refractivity contribution >= 4 is 7.60 Å². The van der Waals surface area contributed by atoms with Crippen molar-refractivity contribution in [2.75, 3.05) is 6.16 Å². The third-order valence-electron chi connectivity index (χ3n) is 5.87. The van der Waals surface area contributed by atoms with E-state index >= 15 is 0 Å². The quantitative estimate of drug-likeness (QED) is 0.230. The van der Waals surface area contributed by atoms with Crippen molar-refractivity contribution in [3.8, 4) is 11.5 Å². The standard InChI is InChI=1S/C29H31N2O7P/c1-22-18-31(29(33)30-28(22)32)21-36-27(23(2)35-19-24-12-6-3-7-13-24)20-39(34,37-25-14-8-4-9-15-25)38-26-16-10-5-11-17-26/h3-18,23,27H,19-21H2,1-2H3,(H,30,32,33)/t23-,27+/m0/s1. The molecule has 1 aromatic heterocycles. The molecule has 0 saturated carbocycles. The second-order valence-electron chi connectivity index (χ2n) is 8.98. The first kappa shape index (κ1) is 28.1. The zero-order chi connectivity index (χ0) is 27.7. The average Bonchev–Trinajstić information content (AvgIpc) is 2.93. The minimum Gasteiger partial charge on any atom is -0.416 e. The molecule has 0 bridgehead atoms. The topological polar surface area (TPSA) is 109 Å². The number of nitrogens with one attached hydrogen (secondary N) is 1. The highest BCUT2D eigenvalue weighted by molar-refractivity contribution is 7.54. The molecule has 1 N–H and O–H groups in total. The first-order valence-electron chi connectivity index (χ1n) is 12.5. The molecule has 1 heterocycles. The van der Waals surface area contributed by atoms with Crippen LogP contribution in [0.15, 0.2) is 107 Å². The highest BCUT2D eigenvalue weighted by Crippen LogP contribution is 2.49. The summed E-state index contributed by atoms with van der Waals surface area (Å²) < 4.78 is 39.5. The smallest absolute Gasteiger partial charge is 0.416 e. The number of hydrogen-bond donors (Lipinski definition) is 1. The van der Waals surface area contributed by atoms with Gasteiger partial charge in [-0.1, -0.05) is 66.7 Å². The van der Waals surface area contributed by atoms with E-state index in [4.69, 9.17) is 18.5 Å². The summed E-state index contributed by atoms with van der Waals surface area (Å²) >= 11 is 0. The summed E-state index contributed by atoms with van der Waals surface area (Å²) in [6.45, 7) is 3.47. The van der Waals surface area contributed by atoms with Crippen molar-refractivity contribution in [1.82, 2.24) is 9.55 Å². The zero-order valence-electron chi connectivity index (χ0n) is 21.8. The number of aromatic nitrogens is 2. The van der Waals surface area contributed by atoms with E-state index in [0.717, 1.165) is 5.56 Å². The van der Waals surface area contributed by atoms with E-state index < -0.39 is 31.1 Å². The molecular formula is C29H31N2O7P. The van der Waals surface area contributed by atoms with Crippen molar-refractivity contribution in [1.29, 1.82) is 0 Å². The summed E-state index contributed by atoms with van der Waals surface area (Å²) in [6, 6.07) is 27.1. The van der Waals surface area contributed by atoms with Gasteiger partial charge >= 0.3 is 13.3 Å². The van der Waals surface area contributed by atoms with Crippen LogP contribution in [0.3, 0.4) is 0 Å². The van der Waals surface area contributed by atoms with Gasteiger partial charge in [-0.05, 0) is 43.7 Å². The molecule has 0 aliphatic rings. The number of rotatable bonds is 13. The number of nitrogens with zero attached hydrogens (tertiary/aromatic N) is 1. The Bertz CT molecular complexity index is 1450. The Morgan fingerprint density at radius 1 is 0.821 bits per heavy atom. The summed E-state index contributed by atoms with van der Waals surface area (Å²) in [6.07, 6.45) is -0.152. The van der Waals surface area contributed by atoms with Crippen molar-refractivity contribution in [2.45, 2.75) is 39.4 Å². The van der Waals surface area contributed by atoms with E-state index in [1.165, 1.54) is 10.8 Å². The molecule has 9 nitrogen and oxygen atoms in total. The van der Waals surface area contributed by atoms with Gasteiger partial charge in [0.2, 0.25) is 0 Å². The Kier molecular flexibility index (Phi) is 9.54. The molecule has 0 unspecified atom stereocenters. The monoisotopic (exact) mass is 550 g/mol. The number of aryl methyl sites for hydroxylation is 1. The SMILES string of the molecule is Cc1cn(CO[C@H](CP(=O)(Oc2ccccc2)Oc2ccccc2)[C@H](C)OCc2ccccc2)c(=O)[nH]c1=O. The molecule has 4 rings (SSSR count). The van der Waals surface area contributed by atoms with Crippen LogP contribution in [0.2, 0.25) is 0 Å². The van der Waals surface area contributed by atoms with E-state index in [0.29, 0.717) is 23.7 Å². The Hall–Kier alpha value is -3.91. The lowest BCUT2D eigenvalue weighted by Gasteiger charge is -2.28. The van der Waals surface area contributed by atoms with Crippen LogP contribution in [-0.2, 0) is 27.4 Å². The van der Waals surface area contributed by atoms with E-state index in [9.17, 15) is 14.2 Å². The molecule has 204 valence electrons. The highest BCUT2D eigenvalue weighted by Gasteiger charge is 2.36. The van der Waals surface area contributed by atoms with Crippen LogP contribution in [0.5, 0.6) is 11.5 Å². The average molecular weight is 551 g/mol. The fourth-order valence-electron chi connectivity index (χ4n) is 3.73. The molecule has 0 fully saturated rings. The molecular weight excluding hydrogens is 519 g/mol. The molecule has 4 aromatic rings. The Labute approximate surface area is 226 Å². The molecule has 0 aliphatic carbocycles. The van der Waals surface area contributed by atoms with Gasteiger partial charge in [-0.3, -0.25) is 14.3 Å². The van der Waals surface area contributed by atoms with Gasteiger partial charge in [-0.25, -0.2) is 9.36 Å². The van der Waals surface area contributed by atoms with Gasteiger partial charge in [0.1, 0.15) is 24.4 Å². The van der Waals surface area contributed by atoms with Crippen LogP contribution in [0.1, 0.15) is 18.1 Å². The summed E-state index contributed by atoms with van der Waals surface area (Å²) in [5.74, 6) is 0.752. The number of ether oxygens (including phenoxy) is 2. The van der Waals surface area contributed by atoms with Crippen molar-refractivity contribution in [3.63, 3.8) is 0 Å². The Morgan fingerprint density at radius 3 is 1.92 bits per heavy atom. The largest absolute Gasteiger partial charge is 0.433 e. The first-order valence-corrected chi connectivity index (χ1v) is 14.2. The molecule has 39 heavy (non-hydrogen) atoms. The molecule has 0 saturated heterocycles. The van der Waals surface area contributed by atoms with Crippen LogP contribution in [-0.4, -0.2) is 27.9 Å². The number of H-pyrrole nitrogens is 1. The van der Waals surface area contributed by atoms with E-state index in [-0.39, 0.29) is 12.9 Å². The number of hydrogen-bond acceptors (Lipinski definition) is 7. The van der Waals surface area contributed by atoms with Gasteiger partial charge in [0, 0.05) is 11.8 Å². The van der Waals surface area contributed by atoms with Crippen molar-refractivity contribution in [3.05, 3.63) is 129 Å². The number of benzene rings is 3. The van der Waals surface area contributed by atoms with Crippen LogP contribution < -0.4 is 20.3 Å². The first-order chi connectivity index (χ1) is 18.8. The van der Waals surface area contributed by atoms with Gasteiger partial charge in [0.05, 0.1) is 18.8 Å². The molecule has 2 atom stereocenters. The summed E-state index contributed by atoms with van der Waals surface area (Å²) in [5.41, 5.74) is 0.226. The van der Waals surface area contributed by atoms with Crippen molar-refractivity contribution in [2.24, 2.45) is 0 Å². The Balaban J connectivity index is 1.60. The second kappa shape index (κ2) is 13.2. The Morgan fingerprint density at radius 2 is 1.36 bits per heavy atom. The third kappa shape index (κ3) is 8.29. The van der Waals surface area contributed by atoms with E-state index in [1.54, 1.807) is 62.4 Å². The molecule has 0 radical (unpaired) electrons. The van der Waals surface area contributed by atoms with Gasteiger partial charge in [-0.15, -0.1) is 0 Å². The predicted octanol–water partition coefficient (Wildman–Crippen LogP) is 5.14. The van der Waals surface area contributed by atoms with Gasteiger partial charge in [0.25, 0.3) is 5.56 Å². The summed E-state index contributed by atoms with van der Waals surface area (Å²) in [7, 11) is -3.87. The van der Waals surface area contributed by atoms with Crippen LogP contribution >= 0.6 is 7.60 Å². The van der Waals surface area contributed by atoms with Crippen LogP contribution in [0, 0.1) is 6.92 Å². The fourth-order valence-corrected chi connectivity index (χ4v) is 5.65. The maximum atomic E-state index is 14.2.